The van der Waals surface area contributed by atoms with E-state index in [-0.39, 0.29) is 0 Å². The number of terminal acetylenes is 1. The third kappa shape index (κ3) is 1.38. The number of rotatable bonds is 1. The lowest BCUT2D eigenvalue weighted by atomic mass is 9.95. The summed E-state index contributed by atoms with van der Waals surface area (Å²) in [5, 5.41) is 0. The van der Waals surface area contributed by atoms with Crippen molar-refractivity contribution in [2.45, 2.75) is 12.8 Å². The second-order valence-electron chi connectivity index (χ2n) is 3.50. The Morgan fingerprint density at radius 3 is 3.15 bits per heavy atom. The molecule has 0 aliphatic heterocycles. The van der Waals surface area contributed by atoms with E-state index in [1.54, 1.807) is 0 Å². The number of fused-ring (bicyclic) bond motifs is 1. The van der Waals surface area contributed by atoms with Gasteiger partial charge in [0.25, 0.3) is 0 Å². The molecule has 2 aliphatic rings. The van der Waals surface area contributed by atoms with Crippen molar-refractivity contribution in [3.8, 4) is 12.3 Å². The standard InChI is InChI=1S/C13H12/c1-3-10(2)13-8-11-6-4-5-7-12(11)9-13/h1,4-6,9,12H,2,7-8H2. The molecule has 0 fully saturated rings. The van der Waals surface area contributed by atoms with Crippen molar-refractivity contribution < 1.29 is 0 Å². The van der Waals surface area contributed by atoms with Crippen LogP contribution in [0.2, 0.25) is 0 Å². The highest BCUT2D eigenvalue weighted by Gasteiger charge is 2.21. The molecular formula is C13H12. The Hall–Kier alpha value is -1.48. The second-order valence-corrected chi connectivity index (χ2v) is 3.50. The zero-order chi connectivity index (χ0) is 9.26. The molecule has 1 atom stereocenters. The molecule has 0 aromatic carbocycles. The molecule has 0 saturated heterocycles. The highest BCUT2D eigenvalue weighted by molar-refractivity contribution is 5.50. The Balaban J connectivity index is 2.23. The van der Waals surface area contributed by atoms with E-state index in [0.717, 1.165) is 18.4 Å². The minimum Gasteiger partial charge on any atom is -0.115 e. The Bertz CT molecular complexity index is 369. The van der Waals surface area contributed by atoms with Gasteiger partial charge in [0.2, 0.25) is 0 Å². The zero-order valence-electron chi connectivity index (χ0n) is 7.59. The molecule has 0 N–H and O–H groups in total. The van der Waals surface area contributed by atoms with Crippen LogP contribution in [0.15, 0.2) is 47.6 Å². The molecule has 0 radical (unpaired) electrons. The molecule has 0 nitrogen and oxygen atoms in total. The van der Waals surface area contributed by atoms with Gasteiger partial charge in [-0.3, -0.25) is 0 Å². The van der Waals surface area contributed by atoms with Gasteiger partial charge in [-0.1, -0.05) is 42.4 Å². The van der Waals surface area contributed by atoms with Crippen LogP contribution in [0, 0.1) is 18.3 Å². The van der Waals surface area contributed by atoms with Crippen LogP contribution >= 0.6 is 0 Å². The Labute approximate surface area is 79.3 Å². The maximum Gasteiger partial charge on any atom is 0.0203 e. The van der Waals surface area contributed by atoms with E-state index in [4.69, 9.17) is 6.42 Å². The van der Waals surface area contributed by atoms with Gasteiger partial charge in [0.15, 0.2) is 0 Å². The second kappa shape index (κ2) is 3.11. The monoisotopic (exact) mass is 168 g/mol. The third-order valence-electron chi connectivity index (χ3n) is 2.67. The summed E-state index contributed by atoms with van der Waals surface area (Å²) in [7, 11) is 0. The molecule has 0 aromatic rings. The van der Waals surface area contributed by atoms with E-state index in [1.165, 1.54) is 11.1 Å². The first kappa shape index (κ1) is 8.13. The summed E-state index contributed by atoms with van der Waals surface area (Å²) in [6.45, 7) is 3.86. The predicted molar refractivity (Wildman–Crippen MR) is 56.0 cm³/mol. The van der Waals surface area contributed by atoms with Crippen molar-refractivity contribution in [1.82, 2.24) is 0 Å². The van der Waals surface area contributed by atoms with Gasteiger partial charge in [-0.05, 0) is 18.4 Å². The van der Waals surface area contributed by atoms with E-state index < -0.39 is 0 Å². The van der Waals surface area contributed by atoms with Gasteiger partial charge in [0.05, 0.1) is 0 Å². The van der Waals surface area contributed by atoms with Crippen LogP contribution in [-0.4, -0.2) is 0 Å². The molecule has 1 unspecified atom stereocenters. The molecule has 0 heterocycles. The fourth-order valence-electron chi connectivity index (χ4n) is 1.88. The van der Waals surface area contributed by atoms with Crippen LogP contribution in [0.3, 0.4) is 0 Å². The van der Waals surface area contributed by atoms with Crippen molar-refractivity contribution in [3.05, 3.63) is 47.6 Å². The Kier molecular flexibility index (Phi) is 1.94. The first-order valence-electron chi connectivity index (χ1n) is 4.53. The predicted octanol–water partition coefficient (Wildman–Crippen LogP) is 3.01. The lowest BCUT2D eigenvalue weighted by molar-refractivity contribution is 0.777. The molecule has 0 aromatic heterocycles. The number of allylic oxidation sites excluding steroid dienone is 7. The van der Waals surface area contributed by atoms with E-state index in [2.05, 4.69) is 36.8 Å². The maximum absolute atomic E-state index is 5.32. The van der Waals surface area contributed by atoms with Gasteiger partial charge < -0.3 is 0 Å². The lowest BCUT2D eigenvalue weighted by Gasteiger charge is -2.10. The summed E-state index contributed by atoms with van der Waals surface area (Å²) in [4.78, 5) is 0. The maximum atomic E-state index is 5.32. The molecule has 2 rings (SSSR count). The minimum atomic E-state index is 0.588. The first-order chi connectivity index (χ1) is 6.31. The Morgan fingerprint density at radius 2 is 2.46 bits per heavy atom. The van der Waals surface area contributed by atoms with Gasteiger partial charge in [-0.15, -0.1) is 6.42 Å². The summed E-state index contributed by atoms with van der Waals surface area (Å²) in [5.41, 5.74) is 3.56. The lowest BCUT2D eigenvalue weighted by Crippen LogP contribution is -1.96. The molecule has 64 valence electrons. The molecular weight excluding hydrogens is 156 g/mol. The van der Waals surface area contributed by atoms with Gasteiger partial charge in [-0.2, -0.15) is 0 Å². The van der Waals surface area contributed by atoms with Crippen molar-refractivity contribution in [3.63, 3.8) is 0 Å². The van der Waals surface area contributed by atoms with Crippen molar-refractivity contribution >= 4 is 0 Å². The average Bonchev–Trinajstić information content (AvgIpc) is 2.59. The molecule has 0 bridgehead atoms. The van der Waals surface area contributed by atoms with Crippen LogP contribution in [-0.2, 0) is 0 Å². The summed E-state index contributed by atoms with van der Waals surface area (Å²) in [6, 6.07) is 0. The zero-order valence-corrected chi connectivity index (χ0v) is 7.59. The van der Waals surface area contributed by atoms with Crippen LogP contribution < -0.4 is 0 Å². The van der Waals surface area contributed by atoms with Gasteiger partial charge in [0, 0.05) is 11.5 Å². The van der Waals surface area contributed by atoms with E-state index in [0.29, 0.717) is 5.92 Å². The van der Waals surface area contributed by atoms with Crippen molar-refractivity contribution in [1.29, 1.82) is 0 Å². The highest BCUT2D eigenvalue weighted by Crippen LogP contribution is 2.36. The summed E-state index contributed by atoms with van der Waals surface area (Å²) in [6.07, 6.45) is 16.2. The van der Waals surface area contributed by atoms with Gasteiger partial charge in [-0.25, -0.2) is 0 Å². The molecule has 0 amide bonds. The average molecular weight is 168 g/mol. The topological polar surface area (TPSA) is 0 Å². The van der Waals surface area contributed by atoms with Crippen molar-refractivity contribution in [2.24, 2.45) is 5.92 Å². The Morgan fingerprint density at radius 1 is 1.62 bits per heavy atom. The molecule has 13 heavy (non-hydrogen) atoms. The number of hydrogen-bond acceptors (Lipinski definition) is 0. The van der Waals surface area contributed by atoms with Gasteiger partial charge in [0.1, 0.15) is 0 Å². The first-order valence-corrected chi connectivity index (χ1v) is 4.53. The van der Waals surface area contributed by atoms with Crippen molar-refractivity contribution in [2.75, 3.05) is 0 Å². The fourth-order valence-corrected chi connectivity index (χ4v) is 1.88. The molecule has 0 heteroatoms. The molecule has 0 saturated carbocycles. The summed E-state index contributed by atoms with van der Waals surface area (Å²) >= 11 is 0. The third-order valence-corrected chi connectivity index (χ3v) is 2.67. The van der Waals surface area contributed by atoms with Crippen LogP contribution in [0.5, 0.6) is 0 Å². The SMILES string of the molecule is C#CC(=C)C1=CC2CC=CC=C2C1. The van der Waals surface area contributed by atoms with Crippen LogP contribution in [0.1, 0.15) is 12.8 Å². The van der Waals surface area contributed by atoms with E-state index in [1.807, 2.05) is 0 Å². The summed E-state index contributed by atoms with van der Waals surface area (Å²) in [5.74, 6) is 3.19. The normalized spacial score (nSPS) is 24.4. The largest absolute Gasteiger partial charge is 0.115 e. The smallest absolute Gasteiger partial charge is 0.0203 e. The van der Waals surface area contributed by atoms with E-state index in [9.17, 15) is 0 Å². The molecule has 0 spiro atoms. The molecule has 2 aliphatic carbocycles. The van der Waals surface area contributed by atoms with Crippen LogP contribution in [0.25, 0.3) is 0 Å². The van der Waals surface area contributed by atoms with E-state index >= 15 is 0 Å². The van der Waals surface area contributed by atoms with Gasteiger partial charge >= 0.3 is 0 Å². The quantitative estimate of drug-likeness (QED) is 0.528. The highest BCUT2D eigenvalue weighted by atomic mass is 14.3. The minimum absolute atomic E-state index is 0.588. The summed E-state index contributed by atoms with van der Waals surface area (Å²) < 4.78 is 0. The van der Waals surface area contributed by atoms with Crippen LogP contribution in [0.4, 0.5) is 0 Å². The number of hydrogen-bond donors (Lipinski definition) is 0. The fraction of sp³-hybridized carbons (Fsp3) is 0.231.